The third kappa shape index (κ3) is 4.72. The highest BCUT2D eigenvalue weighted by atomic mass is 16.5. The lowest BCUT2D eigenvalue weighted by Crippen LogP contribution is -2.30. The molecule has 0 saturated carbocycles. The van der Waals surface area contributed by atoms with Gasteiger partial charge in [0.1, 0.15) is 11.5 Å². The number of carbonyl (C=O) groups excluding carboxylic acids is 1. The third-order valence-electron chi connectivity index (χ3n) is 4.42. The number of ether oxygens (including phenoxy) is 2. The van der Waals surface area contributed by atoms with E-state index in [2.05, 4.69) is 10.3 Å². The van der Waals surface area contributed by atoms with Crippen molar-refractivity contribution in [2.75, 3.05) is 20.3 Å². The van der Waals surface area contributed by atoms with Crippen LogP contribution in [0.1, 0.15) is 29.7 Å². The van der Waals surface area contributed by atoms with E-state index in [0.29, 0.717) is 6.54 Å². The number of aromatic nitrogens is 1. The molecule has 0 radical (unpaired) electrons. The molecule has 1 aromatic heterocycles. The number of benzene rings is 1. The highest BCUT2D eigenvalue weighted by molar-refractivity contribution is 5.77. The standard InChI is InChI=1S/C20H24N2O3/c1-24-16-6-4-5-15(13-16)9-11-22-20(23)14-25-19-10-12-21-18-8-3-2-7-17(18)19/h4-6,10,12-13H,2-3,7-9,11,14H2,1H3,(H,22,23). The van der Waals surface area contributed by atoms with Crippen LogP contribution in [0.3, 0.4) is 0 Å². The topological polar surface area (TPSA) is 60.5 Å². The summed E-state index contributed by atoms with van der Waals surface area (Å²) in [6.45, 7) is 0.610. The van der Waals surface area contributed by atoms with E-state index in [9.17, 15) is 4.79 Å². The Morgan fingerprint density at radius 3 is 3.00 bits per heavy atom. The summed E-state index contributed by atoms with van der Waals surface area (Å²) in [6, 6.07) is 9.71. The molecule has 0 unspecified atom stereocenters. The monoisotopic (exact) mass is 340 g/mol. The molecule has 1 aromatic carbocycles. The molecule has 25 heavy (non-hydrogen) atoms. The molecule has 1 amide bonds. The summed E-state index contributed by atoms with van der Waals surface area (Å²) in [4.78, 5) is 16.4. The normalized spacial score (nSPS) is 13.0. The van der Waals surface area contributed by atoms with Crippen LogP contribution in [-0.4, -0.2) is 31.2 Å². The van der Waals surface area contributed by atoms with E-state index in [1.165, 1.54) is 6.42 Å². The van der Waals surface area contributed by atoms with Gasteiger partial charge < -0.3 is 14.8 Å². The first kappa shape index (κ1) is 17.3. The van der Waals surface area contributed by atoms with Gasteiger partial charge in [0.05, 0.1) is 7.11 Å². The van der Waals surface area contributed by atoms with E-state index < -0.39 is 0 Å². The second kappa shape index (κ2) is 8.51. The van der Waals surface area contributed by atoms with Crippen LogP contribution in [0, 0.1) is 0 Å². The van der Waals surface area contributed by atoms with Crippen molar-refractivity contribution in [3.63, 3.8) is 0 Å². The number of fused-ring (bicyclic) bond motifs is 1. The Kier molecular flexibility index (Phi) is 5.88. The number of amides is 1. The van der Waals surface area contributed by atoms with Gasteiger partial charge >= 0.3 is 0 Å². The number of rotatable bonds is 7. The molecule has 1 N–H and O–H groups in total. The molecule has 3 rings (SSSR count). The first-order valence-electron chi connectivity index (χ1n) is 8.75. The predicted molar refractivity (Wildman–Crippen MR) is 96.1 cm³/mol. The zero-order chi connectivity index (χ0) is 17.5. The average Bonchev–Trinajstić information content (AvgIpc) is 2.66. The molecule has 0 aliphatic heterocycles. The minimum atomic E-state index is -0.107. The van der Waals surface area contributed by atoms with E-state index in [-0.39, 0.29) is 12.5 Å². The van der Waals surface area contributed by atoms with E-state index in [1.807, 2.05) is 30.3 Å². The van der Waals surface area contributed by atoms with Crippen molar-refractivity contribution in [1.29, 1.82) is 0 Å². The summed E-state index contributed by atoms with van der Waals surface area (Å²) in [5.74, 6) is 1.52. The van der Waals surface area contributed by atoms with Crippen molar-refractivity contribution in [1.82, 2.24) is 10.3 Å². The fourth-order valence-corrected chi connectivity index (χ4v) is 3.10. The second-order valence-corrected chi connectivity index (χ2v) is 6.18. The molecular formula is C20H24N2O3. The van der Waals surface area contributed by atoms with E-state index in [4.69, 9.17) is 9.47 Å². The number of nitrogens with zero attached hydrogens (tertiary/aromatic N) is 1. The molecule has 0 atom stereocenters. The van der Waals surface area contributed by atoms with Crippen LogP contribution in [0.5, 0.6) is 11.5 Å². The van der Waals surface area contributed by atoms with Gasteiger partial charge in [-0.15, -0.1) is 0 Å². The Labute approximate surface area is 148 Å². The average molecular weight is 340 g/mol. The van der Waals surface area contributed by atoms with Crippen molar-refractivity contribution in [3.8, 4) is 11.5 Å². The third-order valence-corrected chi connectivity index (χ3v) is 4.42. The van der Waals surface area contributed by atoms with E-state index in [1.54, 1.807) is 13.3 Å². The lowest BCUT2D eigenvalue weighted by molar-refractivity contribution is -0.123. The first-order chi connectivity index (χ1) is 12.3. The van der Waals surface area contributed by atoms with Gasteiger partial charge in [0.15, 0.2) is 6.61 Å². The van der Waals surface area contributed by atoms with Crippen molar-refractivity contribution in [2.24, 2.45) is 0 Å². The molecule has 5 heteroatoms. The molecule has 5 nitrogen and oxygen atoms in total. The summed E-state index contributed by atoms with van der Waals surface area (Å²) in [5, 5.41) is 2.90. The zero-order valence-corrected chi connectivity index (χ0v) is 14.6. The number of carbonyl (C=O) groups is 1. The lowest BCUT2D eigenvalue weighted by atomic mass is 9.95. The molecule has 0 bridgehead atoms. The highest BCUT2D eigenvalue weighted by Crippen LogP contribution is 2.27. The summed E-state index contributed by atoms with van der Waals surface area (Å²) in [7, 11) is 1.65. The number of aryl methyl sites for hydroxylation is 1. The predicted octanol–water partition coefficient (Wildman–Crippen LogP) is 2.71. The minimum absolute atomic E-state index is 0.0363. The van der Waals surface area contributed by atoms with Crippen LogP contribution in [0.15, 0.2) is 36.5 Å². The molecule has 1 aliphatic carbocycles. The Morgan fingerprint density at radius 2 is 2.12 bits per heavy atom. The number of hydrogen-bond acceptors (Lipinski definition) is 4. The van der Waals surface area contributed by atoms with Crippen LogP contribution < -0.4 is 14.8 Å². The van der Waals surface area contributed by atoms with Crippen molar-refractivity contribution < 1.29 is 14.3 Å². The van der Waals surface area contributed by atoms with Gasteiger partial charge in [0.25, 0.3) is 5.91 Å². The first-order valence-corrected chi connectivity index (χ1v) is 8.75. The van der Waals surface area contributed by atoms with Crippen molar-refractivity contribution in [3.05, 3.63) is 53.3 Å². The number of methoxy groups -OCH3 is 1. The number of pyridine rings is 1. The fraction of sp³-hybridized carbons (Fsp3) is 0.400. The van der Waals surface area contributed by atoms with Crippen LogP contribution in [-0.2, 0) is 24.1 Å². The molecule has 0 fully saturated rings. The van der Waals surface area contributed by atoms with Crippen molar-refractivity contribution >= 4 is 5.91 Å². The molecular weight excluding hydrogens is 316 g/mol. The molecule has 0 saturated heterocycles. The van der Waals surface area contributed by atoms with Gasteiger partial charge in [0.2, 0.25) is 0 Å². The molecule has 2 aromatic rings. The quantitative estimate of drug-likeness (QED) is 0.842. The number of nitrogens with one attached hydrogen (secondary N) is 1. The largest absolute Gasteiger partial charge is 0.497 e. The molecule has 1 aliphatic rings. The van der Waals surface area contributed by atoms with Crippen LogP contribution in [0.25, 0.3) is 0 Å². The van der Waals surface area contributed by atoms with E-state index >= 15 is 0 Å². The minimum Gasteiger partial charge on any atom is -0.497 e. The fourth-order valence-electron chi connectivity index (χ4n) is 3.10. The van der Waals surface area contributed by atoms with Crippen molar-refractivity contribution in [2.45, 2.75) is 32.1 Å². The van der Waals surface area contributed by atoms with Crippen LogP contribution in [0.4, 0.5) is 0 Å². The van der Waals surface area contributed by atoms with Gasteiger partial charge in [0, 0.05) is 24.0 Å². The van der Waals surface area contributed by atoms with Gasteiger partial charge in [-0.3, -0.25) is 9.78 Å². The van der Waals surface area contributed by atoms with Gasteiger partial charge in [-0.2, -0.15) is 0 Å². The smallest absolute Gasteiger partial charge is 0.257 e. The maximum absolute atomic E-state index is 12.0. The SMILES string of the molecule is COc1cccc(CCNC(=O)COc2ccnc3c2CCCC3)c1. The van der Waals surface area contributed by atoms with Crippen LogP contribution >= 0.6 is 0 Å². The van der Waals surface area contributed by atoms with Gasteiger partial charge in [-0.25, -0.2) is 0 Å². The van der Waals surface area contributed by atoms with Gasteiger partial charge in [-0.1, -0.05) is 12.1 Å². The summed E-state index contributed by atoms with van der Waals surface area (Å²) in [5.41, 5.74) is 3.41. The summed E-state index contributed by atoms with van der Waals surface area (Å²) < 4.78 is 10.9. The van der Waals surface area contributed by atoms with Gasteiger partial charge in [-0.05, 0) is 55.9 Å². The zero-order valence-electron chi connectivity index (χ0n) is 14.6. The Balaban J connectivity index is 1.45. The Bertz CT molecular complexity index is 731. The summed E-state index contributed by atoms with van der Waals surface area (Å²) in [6.07, 6.45) is 6.83. The van der Waals surface area contributed by atoms with E-state index in [0.717, 1.165) is 54.0 Å². The molecule has 132 valence electrons. The Morgan fingerprint density at radius 1 is 1.24 bits per heavy atom. The summed E-state index contributed by atoms with van der Waals surface area (Å²) >= 11 is 0. The maximum Gasteiger partial charge on any atom is 0.257 e. The van der Waals surface area contributed by atoms with Crippen LogP contribution in [0.2, 0.25) is 0 Å². The maximum atomic E-state index is 12.0. The lowest BCUT2D eigenvalue weighted by Gasteiger charge is -2.18. The molecule has 0 spiro atoms. The number of hydrogen-bond donors (Lipinski definition) is 1. The second-order valence-electron chi connectivity index (χ2n) is 6.18. The molecule has 1 heterocycles. The highest BCUT2D eigenvalue weighted by Gasteiger charge is 2.15. The Hall–Kier alpha value is -2.56.